The summed E-state index contributed by atoms with van der Waals surface area (Å²) in [5.41, 5.74) is 1.29. The van der Waals surface area contributed by atoms with Crippen molar-refractivity contribution >= 4 is 10.9 Å². The van der Waals surface area contributed by atoms with Crippen LogP contribution in [0.1, 0.15) is 11.1 Å². The van der Waals surface area contributed by atoms with Gasteiger partial charge in [0, 0.05) is 29.7 Å². The molecule has 0 aliphatic heterocycles. The lowest BCUT2D eigenvalue weighted by molar-refractivity contribution is -0.137. The van der Waals surface area contributed by atoms with Gasteiger partial charge >= 0.3 is 6.18 Å². The molecule has 0 aliphatic rings. The van der Waals surface area contributed by atoms with E-state index in [9.17, 15) is 13.2 Å². The number of nitrogens with zero attached hydrogens (tertiary/aromatic N) is 1. The SMILES string of the molecule is Cn1cc(COc2cccc(C(F)(F)F)c2)c2ccccc21. The molecule has 0 N–H and O–H groups in total. The maximum atomic E-state index is 12.7. The number of ether oxygens (including phenoxy) is 1. The van der Waals surface area contributed by atoms with E-state index in [2.05, 4.69) is 0 Å². The first-order valence-corrected chi connectivity index (χ1v) is 6.78. The molecule has 22 heavy (non-hydrogen) atoms. The zero-order chi connectivity index (χ0) is 15.7. The Labute approximate surface area is 125 Å². The molecule has 0 radical (unpaired) electrons. The molecular weight excluding hydrogens is 291 g/mol. The fraction of sp³-hybridized carbons (Fsp3) is 0.176. The number of fused-ring (bicyclic) bond motifs is 1. The number of hydrogen-bond donors (Lipinski definition) is 0. The first-order chi connectivity index (χ1) is 10.4. The molecule has 0 amide bonds. The topological polar surface area (TPSA) is 14.2 Å². The average Bonchev–Trinajstić information content (AvgIpc) is 2.82. The number of alkyl halides is 3. The van der Waals surface area contributed by atoms with Crippen molar-refractivity contribution in [2.75, 3.05) is 0 Å². The Hall–Kier alpha value is -2.43. The molecule has 5 heteroatoms. The second-order valence-corrected chi connectivity index (χ2v) is 5.10. The van der Waals surface area contributed by atoms with Gasteiger partial charge < -0.3 is 9.30 Å². The van der Waals surface area contributed by atoms with Crippen LogP contribution in [0, 0.1) is 0 Å². The maximum absolute atomic E-state index is 12.7. The van der Waals surface area contributed by atoms with Crippen LogP contribution < -0.4 is 4.74 Å². The van der Waals surface area contributed by atoms with Crippen LogP contribution in [0.3, 0.4) is 0 Å². The average molecular weight is 305 g/mol. The van der Waals surface area contributed by atoms with E-state index in [-0.39, 0.29) is 12.4 Å². The van der Waals surface area contributed by atoms with Crippen LogP contribution in [0.25, 0.3) is 10.9 Å². The van der Waals surface area contributed by atoms with Gasteiger partial charge in [-0.3, -0.25) is 0 Å². The van der Waals surface area contributed by atoms with Crippen molar-refractivity contribution in [2.24, 2.45) is 7.05 Å². The second-order valence-electron chi connectivity index (χ2n) is 5.10. The number of rotatable bonds is 3. The summed E-state index contributed by atoms with van der Waals surface area (Å²) in [6.07, 6.45) is -2.43. The largest absolute Gasteiger partial charge is 0.489 e. The smallest absolute Gasteiger partial charge is 0.416 e. The van der Waals surface area contributed by atoms with E-state index in [1.165, 1.54) is 12.1 Å². The lowest BCUT2D eigenvalue weighted by Crippen LogP contribution is -2.05. The molecule has 2 nitrogen and oxygen atoms in total. The molecule has 0 saturated carbocycles. The predicted octanol–water partition coefficient (Wildman–Crippen LogP) is 4.78. The van der Waals surface area contributed by atoms with Crippen molar-refractivity contribution in [3.63, 3.8) is 0 Å². The molecule has 0 saturated heterocycles. The van der Waals surface area contributed by atoms with Crippen LogP contribution in [0.4, 0.5) is 13.2 Å². The highest BCUT2D eigenvalue weighted by atomic mass is 19.4. The van der Waals surface area contributed by atoms with Crippen molar-refractivity contribution < 1.29 is 17.9 Å². The minimum atomic E-state index is -4.36. The van der Waals surface area contributed by atoms with E-state index < -0.39 is 11.7 Å². The van der Waals surface area contributed by atoms with Crippen LogP contribution in [0.2, 0.25) is 0 Å². The highest BCUT2D eigenvalue weighted by molar-refractivity contribution is 5.83. The molecule has 0 unspecified atom stereocenters. The number of aryl methyl sites for hydroxylation is 1. The normalized spacial score (nSPS) is 11.8. The van der Waals surface area contributed by atoms with Crippen molar-refractivity contribution in [2.45, 2.75) is 12.8 Å². The molecular formula is C17H14F3NO. The van der Waals surface area contributed by atoms with Crippen molar-refractivity contribution in [1.82, 2.24) is 4.57 Å². The van der Waals surface area contributed by atoms with Gasteiger partial charge in [-0.2, -0.15) is 13.2 Å². The molecule has 2 aromatic carbocycles. The monoisotopic (exact) mass is 305 g/mol. The highest BCUT2D eigenvalue weighted by Gasteiger charge is 2.30. The molecule has 0 spiro atoms. The van der Waals surface area contributed by atoms with Gasteiger partial charge in [-0.15, -0.1) is 0 Å². The summed E-state index contributed by atoms with van der Waals surface area (Å²) in [7, 11) is 1.93. The fourth-order valence-electron chi connectivity index (χ4n) is 2.46. The van der Waals surface area contributed by atoms with Crippen LogP contribution in [-0.2, 0) is 19.8 Å². The number of halogens is 3. The number of aromatic nitrogens is 1. The van der Waals surface area contributed by atoms with Crippen molar-refractivity contribution in [3.05, 3.63) is 65.9 Å². The Morgan fingerprint density at radius 2 is 1.82 bits per heavy atom. The Bertz CT molecular complexity index is 805. The summed E-state index contributed by atoms with van der Waals surface area (Å²) >= 11 is 0. The van der Waals surface area contributed by atoms with Gasteiger partial charge in [0.2, 0.25) is 0 Å². The van der Waals surface area contributed by atoms with E-state index in [0.717, 1.165) is 28.6 Å². The standard InChI is InChI=1S/C17H14F3NO/c1-21-10-12(15-7-2-3-8-16(15)21)11-22-14-6-4-5-13(9-14)17(18,19)20/h2-10H,11H2,1H3. The van der Waals surface area contributed by atoms with Crippen LogP contribution in [-0.4, -0.2) is 4.57 Å². The van der Waals surface area contributed by atoms with Gasteiger partial charge in [0.1, 0.15) is 12.4 Å². The third-order valence-electron chi connectivity index (χ3n) is 3.54. The third kappa shape index (κ3) is 2.79. The lowest BCUT2D eigenvalue weighted by Gasteiger charge is -2.10. The molecule has 114 valence electrons. The van der Waals surface area contributed by atoms with Crippen molar-refractivity contribution in [1.29, 1.82) is 0 Å². The predicted molar refractivity (Wildman–Crippen MR) is 78.7 cm³/mol. The van der Waals surface area contributed by atoms with Crippen LogP contribution in [0.5, 0.6) is 5.75 Å². The summed E-state index contributed by atoms with van der Waals surface area (Å²) in [5.74, 6) is 0.211. The zero-order valence-electron chi connectivity index (χ0n) is 11.9. The van der Waals surface area contributed by atoms with Gasteiger partial charge in [-0.25, -0.2) is 0 Å². The Morgan fingerprint density at radius 3 is 2.59 bits per heavy atom. The van der Waals surface area contributed by atoms with Crippen LogP contribution >= 0.6 is 0 Å². The van der Waals surface area contributed by atoms with E-state index in [0.29, 0.717) is 0 Å². The summed E-state index contributed by atoms with van der Waals surface area (Å²) in [6.45, 7) is 0.225. The van der Waals surface area contributed by atoms with E-state index in [4.69, 9.17) is 4.74 Å². The minimum absolute atomic E-state index is 0.211. The van der Waals surface area contributed by atoms with Gasteiger partial charge in [-0.1, -0.05) is 24.3 Å². The Kier molecular flexibility index (Phi) is 3.56. The van der Waals surface area contributed by atoms with Gasteiger partial charge in [0.15, 0.2) is 0 Å². The highest BCUT2D eigenvalue weighted by Crippen LogP contribution is 2.31. The maximum Gasteiger partial charge on any atom is 0.416 e. The Balaban J connectivity index is 1.83. The minimum Gasteiger partial charge on any atom is -0.489 e. The van der Waals surface area contributed by atoms with E-state index in [1.54, 1.807) is 0 Å². The zero-order valence-corrected chi connectivity index (χ0v) is 11.9. The second kappa shape index (κ2) is 5.40. The van der Waals surface area contributed by atoms with Gasteiger partial charge in [0.05, 0.1) is 5.56 Å². The molecule has 3 aromatic rings. The summed E-state index contributed by atoms with van der Waals surface area (Å²) in [6, 6.07) is 12.8. The molecule has 0 fully saturated rings. The van der Waals surface area contributed by atoms with E-state index in [1.807, 2.05) is 42.1 Å². The molecule has 1 heterocycles. The summed E-state index contributed by atoms with van der Waals surface area (Å²) in [4.78, 5) is 0. The number of benzene rings is 2. The molecule has 0 bridgehead atoms. The van der Waals surface area contributed by atoms with Gasteiger partial charge in [-0.05, 0) is 24.3 Å². The number of para-hydroxylation sites is 1. The number of hydrogen-bond acceptors (Lipinski definition) is 1. The molecule has 1 aromatic heterocycles. The molecule has 3 rings (SSSR count). The van der Waals surface area contributed by atoms with Crippen LogP contribution in [0.15, 0.2) is 54.7 Å². The quantitative estimate of drug-likeness (QED) is 0.679. The van der Waals surface area contributed by atoms with E-state index >= 15 is 0 Å². The summed E-state index contributed by atoms with van der Waals surface area (Å²) < 4.78 is 45.6. The van der Waals surface area contributed by atoms with Gasteiger partial charge in [0.25, 0.3) is 0 Å². The first kappa shape index (κ1) is 14.5. The summed E-state index contributed by atoms with van der Waals surface area (Å²) in [5, 5.41) is 1.04. The first-order valence-electron chi connectivity index (χ1n) is 6.78. The lowest BCUT2D eigenvalue weighted by atomic mass is 10.2. The third-order valence-corrected chi connectivity index (χ3v) is 3.54. The Morgan fingerprint density at radius 1 is 1.05 bits per heavy atom. The molecule has 0 aliphatic carbocycles. The fourth-order valence-corrected chi connectivity index (χ4v) is 2.46. The molecule has 0 atom stereocenters. The van der Waals surface area contributed by atoms with Crippen molar-refractivity contribution in [3.8, 4) is 5.75 Å².